The van der Waals surface area contributed by atoms with Crippen LogP contribution in [0.1, 0.15) is 24.4 Å². The van der Waals surface area contributed by atoms with Crippen LogP contribution >= 0.6 is 0 Å². The van der Waals surface area contributed by atoms with Crippen LogP contribution in [0.25, 0.3) is 0 Å². The Labute approximate surface area is 151 Å². The quantitative estimate of drug-likeness (QED) is 0.741. The summed E-state index contributed by atoms with van der Waals surface area (Å²) in [6.07, 6.45) is 0.806. The summed E-state index contributed by atoms with van der Waals surface area (Å²) in [4.78, 5) is 23.3. The van der Waals surface area contributed by atoms with E-state index in [1.165, 1.54) is 0 Å². The lowest BCUT2D eigenvalue weighted by Gasteiger charge is -2.26. The van der Waals surface area contributed by atoms with Crippen LogP contribution in [0.15, 0.2) is 48.5 Å². The number of benzene rings is 2. The Morgan fingerprint density at radius 3 is 2.77 bits per heavy atom. The van der Waals surface area contributed by atoms with Gasteiger partial charge in [0.05, 0.1) is 31.4 Å². The molecule has 1 aliphatic rings. The van der Waals surface area contributed by atoms with E-state index in [0.29, 0.717) is 24.5 Å². The van der Waals surface area contributed by atoms with E-state index in [1.54, 1.807) is 24.3 Å². The molecule has 1 unspecified atom stereocenters. The number of para-hydroxylation sites is 3. The van der Waals surface area contributed by atoms with Crippen LogP contribution in [0.5, 0.6) is 11.5 Å². The first-order chi connectivity index (χ1) is 12.6. The lowest BCUT2D eigenvalue weighted by Crippen LogP contribution is -2.35. The van der Waals surface area contributed by atoms with Crippen LogP contribution in [0, 0.1) is 0 Å². The molecule has 0 aromatic heterocycles. The smallest absolute Gasteiger partial charge is 0.319 e. The number of nitrogens with two attached hydrogens (primary N) is 1. The number of carbonyl (C=O) groups is 2. The first-order valence-electron chi connectivity index (χ1n) is 8.43. The van der Waals surface area contributed by atoms with Crippen molar-refractivity contribution in [1.82, 2.24) is 5.32 Å². The number of nitrogens with one attached hydrogen (secondary N) is 2. The number of primary amides is 1. The van der Waals surface area contributed by atoms with Gasteiger partial charge >= 0.3 is 6.03 Å². The topological polar surface area (TPSA) is 103 Å². The van der Waals surface area contributed by atoms with E-state index in [4.69, 9.17) is 15.2 Å². The average molecular weight is 355 g/mol. The van der Waals surface area contributed by atoms with Crippen molar-refractivity contribution in [3.8, 4) is 11.5 Å². The van der Waals surface area contributed by atoms with Gasteiger partial charge in [0.1, 0.15) is 11.5 Å². The van der Waals surface area contributed by atoms with Crippen LogP contribution < -0.4 is 25.8 Å². The number of anilines is 1. The van der Waals surface area contributed by atoms with Crippen molar-refractivity contribution in [2.45, 2.75) is 18.9 Å². The number of fused-ring (bicyclic) bond motifs is 1. The predicted molar refractivity (Wildman–Crippen MR) is 97.2 cm³/mol. The maximum atomic E-state index is 12.4. The summed E-state index contributed by atoms with van der Waals surface area (Å²) in [6, 6.07) is 14.2. The molecule has 3 amide bonds. The molecule has 136 valence electrons. The van der Waals surface area contributed by atoms with Crippen molar-refractivity contribution in [3.63, 3.8) is 0 Å². The van der Waals surface area contributed by atoms with Crippen molar-refractivity contribution in [2.75, 3.05) is 18.5 Å². The Hall–Kier alpha value is -3.22. The molecule has 0 radical (unpaired) electrons. The fourth-order valence-corrected chi connectivity index (χ4v) is 2.77. The SMILES string of the molecule is NC(=O)CCOc1ccccc1NC(=O)NC1CCOc2ccccc21. The summed E-state index contributed by atoms with van der Waals surface area (Å²) >= 11 is 0. The highest BCUT2D eigenvalue weighted by atomic mass is 16.5. The van der Waals surface area contributed by atoms with Crippen LogP contribution in [0.2, 0.25) is 0 Å². The Balaban J connectivity index is 1.63. The minimum atomic E-state index is -0.439. The Morgan fingerprint density at radius 1 is 1.15 bits per heavy atom. The zero-order valence-electron chi connectivity index (χ0n) is 14.2. The fraction of sp³-hybridized carbons (Fsp3) is 0.263. The highest BCUT2D eigenvalue weighted by Crippen LogP contribution is 2.31. The second kappa shape index (κ2) is 8.24. The summed E-state index contributed by atoms with van der Waals surface area (Å²) in [5, 5.41) is 5.76. The Morgan fingerprint density at radius 2 is 1.92 bits per heavy atom. The Bertz CT molecular complexity index is 794. The maximum Gasteiger partial charge on any atom is 0.319 e. The van der Waals surface area contributed by atoms with E-state index >= 15 is 0 Å². The van der Waals surface area contributed by atoms with Gasteiger partial charge in [0, 0.05) is 12.0 Å². The third kappa shape index (κ3) is 4.44. The summed E-state index contributed by atoms with van der Waals surface area (Å²) in [7, 11) is 0. The highest BCUT2D eigenvalue weighted by Gasteiger charge is 2.22. The molecule has 2 aromatic carbocycles. The van der Waals surface area contributed by atoms with Gasteiger partial charge in [-0.15, -0.1) is 0 Å². The van der Waals surface area contributed by atoms with E-state index in [1.807, 2.05) is 24.3 Å². The third-order valence-electron chi connectivity index (χ3n) is 4.01. The first kappa shape index (κ1) is 17.6. The van der Waals surface area contributed by atoms with E-state index in [2.05, 4.69) is 10.6 Å². The molecule has 1 atom stereocenters. The minimum absolute atomic E-state index is 0.111. The van der Waals surface area contributed by atoms with Crippen molar-refractivity contribution < 1.29 is 19.1 Å². The first-order valence-corrected chi connectivity index (χ1v) is 8.43. The lowest BCUT2D eigenvalue weighted by atomic mass is 10.0. The van der Waals surface area contributed by atoms with Gasteiger partial charge in [-0.05, 0) is 18.2 Å². The van der Waals surface area contributed by atoms with E-state index in [-0.39, 0.29) is 25.1 Å². The lowest BCUT2D eigenvalue weighted by molar-refractivity contribution is -0.118. The second-order valence-corrected chi connectivity index (χ2v) is 5.89. The molecule has 0 aliphatic carbocycles. The van der Waals surface area contributed by atoms with Crippen LogP contribution in [-0.2, 0) is 4.79 Å². The van der Waals surface area contributed by atoms with Gasteiger partial charge in [-0.3, -0.25) is 4.79 Å². The molecule has 1 aliphatic heterocycles. The normalized spacial score (nSPS) is 15.3. The minimum Gasteiger partial charge on any atom is -0.493 e. The molecule has 7 heteroatoms. The molecule has 4 N–H and O–H groups in total. The number of rotatable bonds is 6. The molecule has 0 fully saturated rings. The summed E-state index contributed by atoms with van der Waals surface area (Å²) in [5.74, 6) is 0.835. The molecule has 3 rings (SSSR count). The number of urea groups is 1. The van der Waals surface area contributed by atoms with E-state index in [9.17, 15) is 9.59 Å². The second-order valence-electron chi connectivity index (χ2n) is 5.89. The number of hydrogen-bond donors (Lipinski definition) is 3. The third-order valence-corrected chi connectivity index (χ3v) is 4.01. The van der Waals surface area contributed by atoms with Crippen molar-refractivity contribution in [2.24, 2.45) is 5.73 Å². The van der Waals surface area contributed by atoms with Crippen LogP contribution in [0.3, 0.4) is 0 Å². The monoisotopic (exact) mass is 355 g/mol. The van der Waals surface area contributed by atoms with Gasteiger partial charge in [-0.2, -0.15) is 0 Å². The molecule has 0 saturated carbocycles. The number of ether oxygens (including phenoxy) is 2. The molecule has 0 saturated heterocycles. The zero-order chi connectivity index (χ0) is 18.4. The molecule has 1 heterocycles. The standard InChI is InChI=1S/C19H21N3O4/c20-18(23)10-12-26-17-8-4-2-6-15(17)22-19(24)21-14-9-11-25-16-7-3-1-5-13(14)16/h1-8,14H,9-12H2,(H2,20,23)(H2,21,22,24). The van der Waals surface area contributed by atoms with Crippen LogP contribution in [0.4, 0.5) is 10.5 Å². The highest BCUT2D eigenvalue weighted by molar-refractivity contribution is 5.91. The molecule has 0 spiro atoms. The van der Waals surface area contributed by atoms with Gasteiger partial charge in [0.25, 0.3) is 0 Å². The molecular formula is C19H21N3O4. The van der Waals surface area contributed by atoms with Gasteiger partial charge < -0.3 is 25.8 Å². The van der Waals surface area contributed by atoms with Gasteiger partial charge in [0.2, 0.25) is 5.91 Å². The number of amides is 3. The van der Waals surface area contributed by atoms with Crippen LogP contribution in [-0.4, -0.2) is 25.2 Å². The van der Waals surface area contributed by atoms with Crippen molar-refractivity contribution >= 4 is 17.6 Å². The molecule has 7 nitrogen and oxygen atoms in total. The van der Waals surface area contributed by atoms with Crippen molar-refractivity contribution in [3.05, 3.63) is 54.1 Å². The van der Waals surface area contributed by atoms with Gasteiger partial charge in [-0.25, -0.2) is 4.79 Å². The maximum absolute atomic E-state index is 12.4. The zero-order valence-corrected chi connectivity index (χ0v) is 14.2. The van der Waals surface area contributed by atoms with Gasteiger partial charge in [-0.1, -0.05) is 30.3 Å². The number of hydrogen-bond acceptors (Lipinski definition) is 4. The predicted octanol–water partition coefficient (Wildman–Crippen LogP) is 2.59. The molecule has 26 heavy (non-hydrogen) atoms. The van der Waals surface area contributed by atoms with Crippen molar-refractivity contribution in [1.29, 1.82) is 0 Å². The summed E-state index contributed by atoms with van der Waals surface area (Å²) < 4.78 is 11.1. The molecule has 0 bridgehead atoms. The van der Waals surface area contributed by atoms with E-state index < -0.39 is 5.91 Å². The molecule has 2 aromatic rings. The number of carbonyl (C=O) groups excluding carboxylic acids is 2. The molecular weight excluding hydrogens is 334 g/mol. The van der Waals surface area contributed by atoms with Gasteiger partial charge in [0.15, 0.2) is 0 Å². The van der Waals surface area contributed by atoms with E-state index in [0.717, 1.165) is 11.3 Å². The summed E-state index contributed by atoms with van der Waals surface area (Å²) in [6.45, 7) is 0.706. The fourth-order valence-electron chi connectivity index (χ4n) is 2.77. The largest absolute Gasteiger partial charge is 0.493 e. The Kier molecular flexibility index (Phi) is 5.58. The summed E-state index contributed by atoms with van der Waals surface area (Å²) in [5.41, 5.74) is 6.59. The average Bonchev–Trinajstić information content (AvgIpc) is 2.63.